The fraction of sp³-hybridized carbons (Fsp3) is 0.333. The minimum absolute atomic E-state index is 0.0415. The topological polar surface area (TPSA) is 76.1 Å². The number of likely N-dealkylation sites (tertiary alicyclic amines) is 1. The quantitative estimate of drug-likeness (QED) is 0.764. The highest BCUT2D eigenvalue weighted by molar-refractivity contribution is 6.30. The second-order valence-electron chi connectivity index (χ2n) is 7.80. The Morgan fingerprint density at radius 1 is 1.17 bits per heavy atom. The van der Waals surface area contributed by atoms with Crippen molar-refractivity contribution in [3.8, 4) is 16.9 Å². The monoisotopic (exact) mass is 421 g/mol. The van der Waals surface area contributed by atoms with Crippen LogP contribution in [0.3, 0.4) is 0 Å². The summed E-state index contributed by atoms with van der Waals surface area (Å²) in [6, 6.07) is 8.34. The number of hydrogen-bond donors (Lipinski definition) is 1. The Kier molecular flexibility index (Phi) is 5.71. The van der Waals surface area contributed by atoms with Crippen LogP contribution in [0.5, 0.6) is 5.75 Å². The number of ether oxygens (including phenoxy) is 2. The Hall–Kier alpha value is -2.80. The molecule has 8 heteroatoms. The number of carbonyl (C=O) groups is 2. The number of carboxylic acids is 1. The highest BCUT2D eigenvalue weighted by Crippen LogP contribution is 2.31. The fourth-order valence-corrected chi connectivity index (χ4v) is 3.02. The maximum atomic E-state index is 14.2. The Morgan fingerprint density at radius 2 is 1.86 bits per heavy atom. The van der Waals surface area contributed by atoms with Crippen LogP contribution in [0, 0.1) is 5.82 Å². The number of benzene rings is 2. The summed E-state index contributed by atoms with van der Waals surface area (Å²) in [6.07, 6.45) is -0.748. The SMILES string of the molecule is CC(C)(C)OC(=O)N1CC(Oc2cc(C(=O)O)cc(-c3cc(Cl)ccc3F)c2)C1. The molecule has 1 amide bonds. The van der Waals surface area contributed by atoms with Crippen molar-refractivity contribution in [2.75, 3.05) is 13.1 Å². The standard InChI is InChI=1S/C21H21ClFNO5/c1-21(2,3)29-20(27)24-10-16(11-24)28-15-7-12(6-13(8-15)19(25)26)17-9-14(22)4-5-18(17)23/h4-9,16H,10-11H2,1-3H3,(H,25,26). The van der Waals surface area contributed by atoms with Crippen molar-refractivity contribution in [3.63, 3.8) is 0 Å². The molecule has 0 aromatic heterocycles. The third kappa shape index (κ3) is 5.17. The third-order valence-corrected chi connectivity index (χ3v) is 4.43. The van der Waals surface area contributed by atoms with Crippen molar-refractivity contribution in [1.29, 1.82) is 0 Å². The van der Waals surface area contributed by atoms with Crippen molar-refractivity contribution >= 4 is 23.7 Å². The zero-order chi connectivity index (χ0) is 21.3. The molecule has 3 rings (SSSR count). The molecule has 0 bridgehead atoms. The lowest BCUT2D eigenvalue weighted by molar-refractivity contribution is -0.0221. The van der Waals surface area contributed by atoms with Gasteiger partial charge in [-0.05, 0) is 62.7 Å². The van der Waals surface area contributed by atoms with Gasteiger partial charge in [-0.25, -0.2) is 14.0 Å². The molecule has 1 aliphatic heterocycles. The minimum atomic E-state index is -1.16. The number of nitrogens with zero attached hydrogens (tertiary/aromatic N) is 1. The maximum absolute atomic E-state index is 14.2. The average Bonchev–Trinajstić information content (AvgIpc) is 2.57. The molecule has 154 valence electrons. The van der Waals surface area contributed by atoms with E-state index in [0.29, 0.717) is 23.7 Å². The molecule has 1 saturated heterocycles. The van der Waals surface area contributed by atoms with Crippen molar-refractivity contribution in [2.24, 2.45) is 0 Å². The highest BCUT2D eigenvalue weighted by atomic mass is 35.5. The maximum Gasteiger partial charge on any atom is 0.410 e. The molecular formula is C21H21ClFNO5. The third-order valence-electron chi connectivity index (χ3n) is 4.20. The summed E-state index contributed by atoms with van der Waals surface area (Å²) in [4.78, 5) is 25.0. The number of halogens is 2. The van der Waals surface area contributed by atoms with Gasteiger partial charge >= 0.3 is 12.1 Å². The van der Waals surface area contributed by atoms with E-state index in [1.165, 1.54) is 35.2 Å². The first kappa shape index (κ1) is 20.9. The van der Waals surface area contributed by atoms with Crippen LogP contribution < -0.4 is 4.74 Å². The predicted octanol–water partition coefficient (Wildman–Crippen LogP) is 4.84. The summed E-state index contributed by atoms with van der Waals surface area (Å²) < 4.78 is 25.3. The van der Waals surface area contributed by atoms with Crippen LogP contribution in [-0.2, 0) is 4.74 Å². The molecule has 0 spiro atoms. The van der Waals surface area contributed by atoms with E-state index in [0.717, 1.165) is 0 Å². The average molecular weight is 422 g/mol. The molecule has 0 radical (unpaired) electrons. The van der Waals surface area contributed by atoms with Gasteiger partial charge in [-0.15, -0.1) is 0 Å². The van der Waals surface area contributed by atoms with Crippen LogP contribution >= 0.6 is 11.6 Å². The van der Waals surface area contributed by atoms with E-state index in [9.17, 15) is 19.1 Å². The van der Waals surface area contributed by atoms with Crippen LogP contribution in [0.25, 0.3) is 11.1 Å². The summed E-state index contributed by atoms with van der Waals surface area (Å²) in [5.41, 5.74) is -0.118. The number of carbonyl (C=O) groups excluding carboxylic acids is 1. The number of amides is 1. The lowest BCUT2D eigenvalue weighted by Crippen LogP contribution is -2.57. The molecule has 0 aliphatic carbocycles. The van der Waals surface area contributed by atoms with Crippen molar-refractivity contribution < 1.29 is 28.6 Å². The van der Waals surface area contributed by atoms with Gasteiger partial charge < -0.3 is 19.5 Å². The first-order valence-corrected chi connectivity index (χ1v) is 9.38. The molecule has 1 heterocycles. The molecule has 29 heavy (non-hydrogen) atoms. The molecular weight excluding hydrogens is 401 g/mol. The largest absolute Gasteiger partial charge is 0.487 e. The Labute approximate surface area is 172 Å². The van der Waals surface area contributed by atoms with Crippen molar-refractivity contribution in [3.05, 3.63) is 52.8 Å². The summed E-state index contributed by atoms with van der Waals surface area (Å²) >= 11 is 5.95. The summed E-state index contributed by atoms with van der Waals surface area (Å²) in [5, 5.41) is 9.72. The molecule has 1 fully saturated rings. The second-order valence-corrected chi connectivity index (χ2v) is 8.24. The summed E-state index contributed by atoms with van der Waals surface area (Å²) in [7, 11) is 0. The van der Waals surface area contributed by atoms with Gasteiger partial charge in [0.1, 0.15) is 23.3 Å². The normalized spacial score (nSPS) is 14.3. The first-order valence-electron chi connectivity index (χ1n) is 9.00. The van der Waals surface area contributed by atoms with Crippen LogP contribution in [0.4, 0.5) is 9.18 Å². The fourth-order valence-electron chi connectivity index (χ4n) is 2.85. The molecule has 6 nitrogen and oxygen atoms in total. The molecule has 0 saturated carbocycles. The van der Waals surface area contributed by atoms with E-state index in [2.05, 4.69) is 0 Å². The summed E-state index contributed by atoms with van der Waals surface area (Å²) in [6.45, 7) is 5.98. The van der Waals surface area contributed by atoms with E-state index < -0.39 is 23.5 Å². The Bertz CT molecular complexity index is 951. The number of rotatable bonds is 4. The van der Waals surface area contributed by atoms with Crippen LogP contribution in [-0.4, -0.2) is 46.9 Å². The van der Waals surface area contributed by atoms with Gasteiger partial charge in [0.05, 0.1) is 18.7 Å². The van der Waals surface area contributed by atoms with E-state index in [-0.39, 0.29) is 23.0 Å². The highest BCUT2D eigenvalue weighted by Gasteiger charge is 2.35. The first-order chi connectivity index (χ1) is 13.5. The van der Waals surface area contributed by atoms with Crippen molar-refractivity contribution in [1.82, 2.24) is 4.90 Å². The van der Waals surface area contributed by atoms with Gasteiger partial charge in [-0.2, -0.15) is 0 Å². The molecule has 2 aromatic carbocycles. The number of carboxylic acid groups (broad SMARTS) is 1. The Morgan fingerprint density at radius 3 is 2.48 bits per heavy atom. The van der Waals surface area contributed by atoms with E-state index in [1.807, 2.05) is 0 Å². The Balaban J connectivity index is 1.77. The molecule has 0 atom stereocenters. The molecule has 1 aliphatic rings. The van der Waals surface area contributed by atoms with Gasteiger partial charge in [0, 0.05) is 10.6 Å². The predicted molar refractivity (Wildman–Crippen MR) is 106 cm³/mol. The minimum Gasteiger partial charge on any atom is -0.487 e. The number of hydrogen-bond acceptors (Lipinski definition) is 4. The second kappa shape index (κ2) is 7.91. The zero-order valence-corrected chi connectivity index (χ0v) is 17.0. The summed E-state index contributed by atoms with van der Waals surface area (Å²) in [5.74, 6) is -1.42. The van der Waals surface area contributed by atoms with Gasteiger partial charge in [-0.3, -0.25) is 0 Å². The van der Waals surface area contributed by atoms with Crippen LogP contribution in [0.15, 0.2) is 36.4 Å². The van der Waals surface area contributed by atoms with Gasteiger partial charge in [0.25, 0.3) is 0 Å². The number of aromatic carboxylic acids is 1. The smallest absolute Gasteiger partial charge is 0.410 e. The lowest BCUT2D eigenvalue weighted by atomic mass is 10.0. The lowest BCUT2D eigenvalue weighted by Gasteiger charge is -2.39. The zero-order valence-electron chi connectivity index (χ0n) is 16.2. The van der Waals surface area contributed by atoms with Gasteiger partial charge in [0.2, 0.25) is 0 Å². The van der Waals surface area contributed by atoms with Crippen molar-refractivity contribution in [2.45, 2.75) is 32.5 Å². The van der Waals surface area contributed by atoms with E-state index in [4.69, 9.17) is 21.1 Å². The van der Waals surface area contributed by atoms with Gasteiger partial charge in [0.15, 0.2) is 0 Å². The molecule has 0 unspecified atom stereocenters. The van der Waals surface area contributed by atoms with Crippen LogP contribution in [0.1, 0.15) is 31.1 Å². The van der Waals surface area contributed by atoms with Crippen LogP contribution in [0.2, 0.25) is 5.02 Å². The van der Waals surface area contributed by atoms with E-state index >= 15 is 0 Å². The van der Waals surface area contributed by atoms with E-state index in [1.54, 1.807) is 26.8 Å². The van der Waals surface area contributed by atoms with Gasteiger partial charge in [-0.1, -0.05) is 11.6 Å². The molecule has 2 aromatic rings. The molecule has 1 N–H and O–H groups in total.